The van der Waals surface area contributed by atoms with Gasteiger partial charge in [0.1, 0.15) is 11.6 Å². The van der Waals surface area contributed by atoms with Crippen LogP contribution in [0, 0.1) is 24.5 Å². The number of nitrogens with zero attached hydrogens (tertiary/aromatic N) is 1. The van der Waals surface area contributed by atoms with Gasteiger partial charge in [0.2, 0.25) is 15.9 Å². The lowest BCUT2D eigenvalue weighted by Crippen LogP contribution is -2.41. The number of rotatable bonds is 4. The van der Waals surface area contributed by atoms with Gasteiger partial charge in [0.15, 0.2) is 0 Å². The molecular weight excluding hydrogens is 374 g/mol. The highest BCUT2D eigenvalue weighted by Crippen LogP contribution is 2.26. The second kappa shape index (κ2) is 7.74. The van der Waals surface area contributed by atoms with Crippen LogP contribution < -0.4 is 5.32 Å². The highest BCUT2D eigenvalue weighted by molar-refractivity contribution is 7.89. The zero-order valence-electron chi connectivity index (χ0n) is 14.8. The van der Waals surface area contributed by atoms with Gasteiger partial charge < -0.3 is 5.32 Å². The van der Waals surface area contributed by atoms with E-state index in [1.54, 1.807) is 6.92 Å². The topological polar surface area (TPSA) is 66.5 Å². The molecule has 144 valence electrons. The van der Waals surface area contributed by atoms with E-state index in [9.17, 15) is 22.0 Å². The van der Waals surface area contributed by atoms with E-state index in [2.05, 4.69) is 5.32 Å². The number of nitrogens with one attached hydrogen (secondary N) is 1. The molecule has 0 aliphatic carbocycles. The molecule has 0 radical (unpaired) electrons. The summed E-state index contributed by atoms with van der Waals surface area (Å²) in [5.41, 5.74) is 0.851. The number of benzene rings is 2. The van der Waals surface area contributed by atoms with Crippen molar-refractivity contribution < 1.29 is 22.0 Å². The number of halogens is 2. The van der Waals surface area contributed by atoms with E-state index in [0.29, 0.717) is 24.1 Å². The fourth-order valence-corrected chi connectivity index (χ4v) is 4.85. The number of anilines is 1. The molecule has 1 amide bonds. The van der Waals surface area contributed by atoms with Gasteiger partial charge in [-0.1, -0.05) is 0 Å². The maximum atomic E-state index is 13.2. The van der Waals surface area contributed by atoms with Crippen LogP contribution in [0.1, 0.15) is 18.4 Å². The van der Waals surface area contributed by atoms with Gasteiger partial charge in [0, 0.05) is 24.7 Å². The van der Waals surface area contributed by atoms with Crippen LogP contribution in [-0.4, -0.2) is 31.7 Å². The molecule has 1 fully saturated rings. The number of carbonyl (C=O) groups is 1. The van der Waals surface area contributed by atoms with Crippen molar-refractivity contribution in [2.75, 3.05) is 18.4 Å². The smallest absolute Gasteiger partial charge is 0.243 e. The predicted molar refractivity (Wildman–Crippen MR) is 97.6 cm³/mol. The van der Waals surface area contributed by atoms with Crippen LogP contribution in [0.4, 0.5) is 14.5 Å². The summed E-state index contributed by atoms with van der Waals surface area (Å²) in [6.45, 7) is 1.97. The van der Waals surface area contributed by atoms with Crippen molar-refractivity contribution >= 4 is 21.6 Å². The quantitative estimate of drug-likeness (QED) is 0.865. The van der Waals surface area contributed by atoms with Crippen molar-refractivity contribution in [3.63, 3.8) is 0 Å². The second-order valence-electron chi connectivity index (χ2n) is 6.58. The van der Waals surface area contributed by atoms with Crippen molar-refractivity contribution in [1.82, 2.24) is 4.31 Å². The number of hydrogen-bond acceptors (Lipinski definition) is 3. The Kier molecular flexibility index (Phi) is 5.57. The monoisotopic (exact) mass is 394 g/mol. The Morgan fingerprint density at radius 1 is 1.04 bits per heavy atom. The fraction of sp³-hybridized carbons (Fsp3) is 0.316. The van der Waals surface area contributed by atoms with Crippen LogP contribution in [0.15, 0.2) is 47.4 Å². The number of sulfonamides is 1. The molecule has 1 aliphatic heterocycles. The van der Waals surface area contributed by atoms with Crippen LogP contribution in [0.25, 0.3) is 0 Å². The molecule has 5 nitrogen and oxygen atoms in total. The molecule has 27 heavy (non-hydrogen) atoms. The Labute approximate surface area is 157 Å². The lowest BCUT2D eigenvalue weighted by molar-refractivity contribution is -0.120. The van der Waals surface area contributed by atoms with Gasteiger partial charge in [-0.3, -0.25) is 4.79 Å². The average Bonchev–Trinajstić information content (AvgIpc) is 2.63. The maximum Gasteiger partial charge on any atom is 0.243 e. The third-order valence-corrected chi connectivity index (χ3v) is 6.75. The Bertz CT molecular complexity index is 938. The SMILES string of the molecule is Cc1cc(F)ccc1S(=O)(=O)N1CCC(C(=O)Nc2ccc(F)cc2)CC1. The Hall–Kier alpha value is -2.32. The molecule has 2 aromatic carbocycles. The summed E-state index contributed by atoms with van der Waals surface area (Å²) in [6.07, 6.45) is 0.763. The van der Waals surface area contributed by atoms with Crippen molar-refractivity contribution in [1.29, 1.82) is 0 Å². The number of piperidine rings is 1. The van der Waals surface area contributed by atoms with E-state index < -0.39 is 15.8 Å². The summed E-state index contributed by atoms with van der Waals surface area (Å²) in [5.74, 6) is -1.40. The second-order valence-corrected chi connectivity index (χ2v) is 8.49. The van der Waals surface area contributed by atoms with Crippen molar-refractivity contribution in [3.8, 4) is 0 Å². The zero-order valence-corrected chi connectivity index (χ0v) is 15.6. The minimum absolute atomic E-state index is 0.0816. The highest BCUT2D eigenvalue weighted by atomic mass is 32.2. The van der Waals surface area contributed by atoms with E-state index in [-0.39, 0.29) is 35.6 Å². The number of hydrogen-bond donors (Lipinski definition) is 1. The lowest BCUT2D eigenvalue weighted by atomic mass is 9.97. The Morgan fingerprint density at radius 3 is 2.22 bits per heavy atom. The Balaban J connectivity index is 1.64. The van der Waals surface area contributed by atoms with Gasteiger partial charge in [0.25, 0.3) is 0 Å². The van der Waals surface area contributed by atoms with Crippen molar-refractivity contribution in [3.05, 3.63) is 59.7 Å². The van der Waals surface area contributed by atoms with E-state index in [4.69, 9.17) is 0 Å². The summed E-state index contributed by atoms with van der Waals surface area (Å²) in [6, 6.07) is 9.06. The summed E-state index contributed by atoms with van der Waals surface area (Å²) in [5, 5.41) is 2.72. The Morgan fingerprint density at radius 2 is 1.63 bits per heavy atom. The molecule has 8 heteroatoms. The van der Waals surface area contributed by atoms with E-state index in [1.807, 2.05) is 0 Å². The molecule has 0 aromatic heterocycles. The average molecular weight is 394 g/mol. The first-order valence-electron chi connectivity index (χ1n) is 8.60. The van der Waals surface area contributed by atoms with E-state index in [0.717, 1.165) is 6.07 Å². The molecular formula is C19H20F2N2O3S. The summed E-state index contributed by atoms with van der Waals surface area (Å²) in [7, 11) is -3.73. The zero-order chi connectivity index (χ0) is 19.6. The first kappa shape index (κ1) is 19.4. The van der Waals surface area contributed by atoms with Crippen LogP contribution in [-0.2, 0) is 14.8 Å². The fourth-order valence-electron chi connectivity index (χ4n) is 3.18. The molecule has 1 heterocycles. The van der Waals surface area contributed by atoms with E-state index >= 15 is 0 Å². The van der Waals surface area contributed by atoms with Gasteiger partial charge in [-0.25, -0.2) is 17.2 Å². The maximum absolute atomic E-state index is 13.2. The van der Waals surface area contributed by atoms with Gasteiger partial charge in [-0.05, 0) is 67.8 Å². The van der Waals surface area contributed by atoms with Crippen LogP contribution in [0.5, 0.6) is 0 Å². The van der Waals surface area contributed by atoms with Crippen LogP contribution in [0.2, 0.25) is 0 Å². The lowest BCUT2D eigenvalue weighted by Gasteiger charge is -2.31. The minimum Gasteiger partial charge on any atom is -0.326 e. The van der Waals surface area contributed by atoms with Gasteiger partial charge in [-0.15, -0.1) is 0 Å². The summed E-state index contributed by atoms with van der Waals surface area (Å²) in [4.78, 5) is 12.4. The normalized spacial score (nSPS) is 16.3. The molecule has 0 atom stereocenters. The molecule has 3 rings (SSSR count). The van der Waals surface area contributed by atoms with E-state index in [1.165, 1.54) is 40.7 Å². The molecule has 0 saturated carbocycles. The molecule has 0 bridgehead atoms. The highest BCUT2D eigenvalue weighted by Gasteiger charge is 2.32. The third kappa shape index (κ3) is 4.33. The van der Waals surface area contributed by atoms with Gasteiger partial charge in [-0.2, -0.15) is 4.31 Å². The minimum atomic E-state index is -3.73. The largest absolute Gasteiger partial charge is 0.326 e. The van der Waals surface area contributed by atoms with Gasteiger partial charge in [0.05, 0.1) is 4.90 Å². The van der Waals surface area contributed by atoms with Crippen LogP contribution >= 0.6 is 0 Å². The molecule has 1 saturated heterocycles. The number of amides is 1. The molecule has 1 aliphatic rings. The van der Waals surface area contributed by atoms with Crippen LogP contribution in [0.3, 0.4) is 0 Å². The standard InChI is InChI=1S/C19H20F2N2O3S/c1-13-12-16(21)4-7-18(13)27(25,26)23-10-8-14(9-11-23)19(24)22-17-5-2-15(20)3-6-17/h2-7,12,14H,8-11H2,1H3,(H,22,24). The first-order valence-corrected chi connectivity index (χ1v) is 10.0. The first-order chi connectivity index (χ1) is 12.8. The molecule has 1 N–H and O–H groups in total. The van der Waals surface area contributed by atoms with Crippen molar-refractivity contribution in [2.24, 2.45) is 5.92 Å². The molecule has 0 spiro atoms. The molecule has 0 unspecified atom stereocenters. The summed E-state index contributed by atoms with van der Waals surface area (Å²) < 4.78 is 53.1. The number of carbonyl (C=O) groups excluding carboxylic acids is 1. The third-order valence-electron chi connectivity index (χ3n) is 4.69. The van der Waals surface area contributed by atoms with Gasteiger partial charge >= 0.3 is 0 Å². The van der Waals surface area contributed by atoms with Crippen molar-refractivity contribution in [2.45, 2.75) is 24.7 Å². The number of aryl methyl sites for hydroxylation is 1. The molecule has 2 aromatic rings. The summed E-state index contributed by atoms with van der Waals surface area (Å²) >= 11 is 0. The predicted octanol–water partition coefficient (Wildman–Crippen LogP) is 3.31.